The van der Waals surface area contributed by atoms with Crippen molar-refractivity contribution >= 4 is 11.9 Å². The van der Waals surface area contributed by atoms with Gasteiger partial charge in [0, 0.05) is 6.42 Å². The van der Waals surface area contributed by atoms with Gasteiger partial charge in [0.15, 0.2) is 0 Å². The van der Waals surface area contributed by atoms with Crippen LogP contribution < -0.4 is 5.32 Å². The van der Waals surface area contributed by atoms with Gasteiger partial charge in [-0.15, -0.1) is 0 Å². The molecule has 0 aromatic carbocycles. The van der Waals surface area contributed by atoms with E-state index in [0.717, 1.165) is 96.3 Å². The van der Waals surface area contributed by atoms with Crippen LogP contribution in [0.3, 0.4) is 0 Å². The van der Waals surface area contributed by atoms with Crippen molar-refractivity contribution in [2.75, 3.05) is 6.61 Å². The fourth-order valence-electron chi connectivity index (χ4n) is 7.76. The predicted molar refractivity (Wildman–Crippen MR) is 268 cm³/mol. The molecule has 0 rings (SSSR count). The summed E-state index contributed by atoms with van der Waals surface area (Å²) in [5.74, 6) is -0.503. The Morgan fingerprint density at radius 1 is 0.468 bits per heavy atom. The second-order valence-corrected chi connectivity index (χ2v) is 17.9. The monoisotopic (exact) mass is 868 g/mol. The second-order valence-electron chi connectivity index (χ2n) is 17.9. The molecule has 0 spiro atoms. The standard InChI is InChI=1S/C56H101NO5/c1-4-7-10-13-16-19-21-23-25-27-29-31-33-36-38-41-44-47-52(50-55(60)57-53(51-58)54(59)48-45-42-39-35-18-15-12-9-6-3)62-56(61)49-46-43-40-37-34-32-30-28-26-24-22-20-17-14-11-8-5-2/h16-17,19-20,23-26,29,31,52-54,58-59H,4-15,18,21-22,27-28,30,32-51H2,1-3H3,(H,57,60)/b19-16-,20-17-,25-23-,26-24-,31-29-. The van der Waals surface area contributed by atoms with Crippen molar-refractivity contribution in [3.63, 3.8) is 0 Å². The predicted octanol–water partition coefficient (Wildman–Crippen LogP) is 16.0. The molecule has 6 heteroatoms. The molecule has 0 aliphatic heterocycles. The van der Waals surface area contributed by atoms with E-state index >= 15 is 0 Å². The van der Waals surface area contributed by atoms with Gasteiger partial charge >= 0.3 is 5.97 Å². The van der Waals surface area contributed by atoms with Gasteiger partial charge in [0.1, 0.15) is 6.10 Å². The highest BCUT2D eigenvalue weighted by molar-refractivity contribution is 5.77. The third kappa shape index (κ3) is 44.2. The van der Waals surface area contributed by atoms with Crippen molar-refractivity contribution in [1.82, 2.24) is 5.32 Å². The SMILES string of the molecule is CCCCC/C=C\C/C=C\C/C=C\CCCCCCC(CC(=O)NC(CO)C(O)CCCCCCCCCCC)OC(=O)CCCCCCCCC/C=C\C/C=C\CCCCC. The van der Waals surface area contributed by atoms with Crippen LogP contribution in [0.25, 0.3) is 0 Å². The zero-order valence-electron chi connectivity index (χ0n) is 41.0. The summed E-state index contributed by atoms with van der Waals surface area (Å²) in [6, 6.07) is -0.711. The summed E-state index contributed by atoms with van der Waals surface area (Å²) in [4.78, 5) is 26.2. The van der Waals surface area contributed by atoms with E-state index in [4.69, 9.17) is 4.74 Å². The van der Waals surface area contributed by atoms with Gasteiger partial charge in [0.25, 0.3) is 0 Å². The molecule has 0 radical (unpaired) electrons. The maximum Gasteiger partial charge on any atom is 0.306 e. The molecule has 360 valence electrons. The Balaban J connectivity index is 4.63. The molecule has 0 saturated heterocycles. The number of rotatable bonds is 47. The summed E-state index contributed by atoms with van der Waals surface area (Å²) in [6.45, 7) is 6.41. The van der Waals surface area contributed by atoms with E-state index in [1.165, 1.54) is 116 Å². The van der Waals surface area contributed by atoms with Crippen molar-refractivity contribution < 1.29 is 24.5 Å². The number of ether oxygens (including phenoxy) is 1. The lowest BCUT2D eigenvalue weighted by molar-refractivity contribution is -0.151. The first kappa shape index (κ1) is 59.6. The fraction of sp³-hybridized carbons (Fsp3) is 0.786. The number of hydrogen-bond donors (Lipinski definition) is 3. The fourth-order valence-corrected chi connectivity index (χ4v) is 7.76. The van der Waals surface area contributed by atoms with Crippen LogP contribution in [0.15, 0.2) is 60.8 Å². The van der Waals surface area contributed by atoms with Crippen molar-refractivity contribution in [1.29, 1.82) is 0 Å². The van der Waals surface area contributed by atoms with Crippen LogP contribution in [0, 0.1) is 0 Å². The van der Waals surface area contributed by atoms with E-state index in [2.05, 4.69) is 86.8 Å². The summed E-state index contributed by atoms with van der Waals surface area (Å²) in [6.07, 6.45) is 61.4. The summed E-state index contributed by atoms with van der Waals surface area (Å²) in [5.41, 5.74) is 0. The van der Waals surface area contributed by atoms with E-state index in [1.807, 2.05) is 0 Å². The van der Waals surface area contributed by atoms with Crippen LogP contribution in [-0.4, -0.2) is 46.9 Å². The maximum absolute atomic E-state index is 13.2. The number of aliphatic hydroxyl groups is 2. The Morgan fingerprint density at radius 2 is 0.823 bits per heavy atom. The molecule has 3 N–H and O–H groups in total. The maximum atomic E-state index is 13.2. The topological polar surface area (TPSA) is 95.9 Å². The number of unbranched alkanes of at least 4 members (excludes halogenated alkanes) is 25. The van der Waals surface area contributed by atoms with Crippen molar-refractivity contribution in [3.05, 3.63) is 60.8 Å². The number of aliphatic hydroxyl groups excluding tert-OH is 2. The molecule has 3 atom stereocenters. The summed E-state index contributed by atoms with van der Waals surface area (Å²) >= 11 is 0. The second kappa shape index (κ2) is 49.6. The minimum atomic E-state index is -0.795. The Hall–Kier alpha value is -2.44. The molecule has 0 heterocycles. The summed E-state index contributed by atoms with van der Waals surface area (Å²) in [5, 5.41) is 23.7. The van der Waals surface area contributed by atoms with Gasteiger partial charge in [-0.2, -0.15) is 0 Å². The summed E-state index contributed by atoms with van der Waals surface area (Å²) < 4.78 is 5.93. The average Bonchev–Trinajstić information content (AvgIpc) is 3.26. The van der Waals surface area contributed by atoms with Gasteiger partial charge in [0.2, 0.25) is 5.91 Å². The van der Waals surface area contributed by atoms with E-state index in [0.29, 0.717) is 19.3 Å². The van der Waals surface area contributed by atoms with Crippen LogP contribution >= 0.6 is 0 Å². The quantitative estimate of drug-likeness (QED) is 0.0322. The number of carbonyl (C=O) groups is 2. The first-order valence-electron chi connectivity index (χ1n) is 26.5. The van der Waals surface area contributed by atoms with E-state index < -0.39 is 18.2 Å². The molecule has 0 aliphatic carbocycles. The molecule has 0 bridgehead atoms. The molecule has 62 heavy (non-hydrogen) atoms. The highest BCUT2D eigenvalue weighted by atomic mass is 16.5. The molecule has 1 amide bonds. The number of carbonyl (C=O) groups excluding carboxylic acids is 2. The number of allylic oxidation sites excluding steroid dienone is 10. The van der Waals surface area contributed by atoms with Gasteiger partial charge in [-0.3, -0.25) is 9.59 Å². The largest absolute Gasteiger partial charge is 0.462 e. The normalized spacial score (nSPS) is 13.7. The minimum Gasteiger partial charge on any atom is -0.462 e. The number of amides is 1. The van der Waals surface area contributed by atoms with Gasteiger partial charge in [0.05, 0.1) is 25.2 Å². The van der Waals surface area contributed by atoms with Gasteiger partial charge < -0.3 is 20.3 Å². The molecule has 0 saturated carbocycles. The van der Waals surface area contributed by atoms with Crippen LogP contribution in [-0.2, 0) is 14.3 Å². The lowest BCUT2D eigenvalue weighted by Gasteiger charge is -2.24. The highest BCUT2D eigenvalue weighted by Crippen LogP contribution is 2.17. The molecule has 6 nitrogen and oxygen atoms in total. The van der Waals surface area contributed by atoms with Crippen LogP contribution in [0.2, 0.25) is 0 Å². The number of nitrogens with one attached hydrogen (secondary N) is 1. The first-order valence-corrected chi connectivity index (χ1v) is 26.5. The van der Waals surface area contributed by atoms with Crippen LogP contribution in [0.5, 0.6) is 0 Å². The Labute approximate surface area is 384 Å². The zero-order chi connectivity index (χ0) is 45.2. The van der Waals surface area contributed by atoms with Crippen molar-refractivity contribution in [2.45, 2.75) is 277 Å². The van der Waals surface area contributed by atoms with E-state index in [1.54, 1.807) is 0 Å². The Bertz CT molecular complexity index is 1110. The van der Waals surface area contributed by atoms with Crippen LogP contribution in [0.4, 0.5) is 0 Å². The molecular formula is C56H101NO5. The van der Waals surface area contributed by atoms with Gasteiger partial charge in [-0.05, 0) is 96.3 Å². The molecule has 0 aromatic heterocycles. The third-order valence-electron chi connectivity index (χ3n) is 11.8. The third-order valence-corrected chi connectivity index (χ3v) is 11.8. The summed E-state index contributed by atoms with van der Waals surface area (Å²) in [7, 11) is 0. The minimum absolute atomic E-state index is 0.0584. The molecule has 0 aliphatic rings. The smallest absolute Gasteiger partial charge is 0.306 e. The lowest BCUT2D eigenvalue weighted by Crippen LogP contribution is -2.46. The van der Waals surface area contributed by atoms with E-state index in [9.17, 15) is 19.8 Å². The lowest BCUT2D eigenvalue weighted by atomic mass is 10.0. The molecular weight excluding hydrogens is 767 g/mol. The molecule has 3 unspecified atom stereocenters. The highest BCUT2D eigenvalue weighted by Gasteiger charge is 2.24. The zero-order valence-corrected chi connectivity index (χ0v) is 41.0. The van der Waals surface area contributed by atoms with Gasteiger partial charge in [-0.1, -0.05) is 210 Å². The Kier molecular flexibility index (Phi) is 47.6. The Morgan fingerprint density at radius 3 is 1.27 bits per heavy atom. The molecule has 0 fully saturated rings. The van der Waals surface area contributed by atoms with Gasteiger partial charge in [-0.25, -0.2) is 0 Å². The van der Waals surface area contributed by atoms with E-state index in [-0.39, 0.29) is 24.9 Å². The van der Waals surface area contributed by atoms with Crippen molar-refractivity contribution in [2.24, 2.45) is 0 Å². The van der Waals surface area contributed by atoms with Crippen LogP contribution in [0.1, 0.15) is 258 Å². The average molecular weight is 868 g/mol. The molecule has 0 aromatic rings. The number of hydrogen-bond acceptors (Lipinski definition) is 5. The first-order chi connectivity index (χ1) is 30.5. The van der Waals surface area contributed by atoms with Crippen molar-refractivity contribution in [3.8, 4) is 0 Å². The number of esters is 1.